The molecule has 0 spiro atoms. The Kier molecular flexibility index (Phi) is 5.15. The van der Waals surface area contributed by atoms with Gasteiger partial charge in [-0.25, -0.2) is 8.42 Å². The van der Waals surface area contributed by atoms with Gasteiger partial charge in [-0.3, -0.25) is 0 Å². The maximum atomic E-state index is 12.3. The molecule has 104 valence electrons. The first-order valence-corrected chi connectivity index (χ1v) is 6.96. The molecule has 0 heterocycles. The molecule has 1 rings (SSSR count). The lowest BCUT2D eigenvalue weighted by atomic mass is 10.3. The number of nitriles is 1. The summed E-state index contributed by atoms with van der Waals surface area (Å²) in [6, 6.07) is 6.39. The maximum Gasteiger partial charge on any atom is 0.246 e. The minimum Gasteiger partial charge on any atom is -0.497 e. The number of rotatable bonds is 6. The Balaban J connectivity index is 3.18. The van der Waals surface area contributed by atoms with Crippen molar-refractivity contribution >= 4 is 10.0 Å². The van der Waals surface area contributed by atoms with Crippen LogP contribution >= 0.6 is 0 Å². The van der Waals surface area contributed by atoms with Gasteiger partial charge in [-0.05, 0) is 12.1 Å². The standard InChI is InChI=1S/C12H16N2O4S/c1-14(8-4-7-13)19(15,16)12-6-5-10(17-2)9-11(12)18-3/h5-6,9H,4,8H2,1-3H3. The molecule has 1 aromatic carbocycles. The van der Waals surface area contributed by atoms with E-state index in [9.17, 15) is 8.42 Å². The molecular weight excluding hydrogens is 268 g/mol. The Morgan fingerprint density at radius 3 is 2.53 bits per heavy atom. The van der Waals surface area contributed by atoms with Gasteiger partial charge in [0, 0.05) is 26.1 Å². The van der Waals surface area contributed by atoms with Gasteiger partial charge in [0.1, 0.15) is 16.4 Å². The average Bonchev–Trinajstić information content (AvgIpc) is 2.43. The third-order valence-corrected chi connectivity index (χ3v) is 4.49. The summed E-state index contributed by atoms with van der Waals surface area (Å²) in [7, 11) is 0.630. The first-order chi connectivity index (χ1) is 8.97. The van der Waals surface area contributed by atoms with E-state index in [4.69, 9.17) is 14.7 Å². The van der Waals surface area contributed by atoms with E-state index >= 15 is 0 Å². The van der Waals surface area contributed by atoms with Crippen LogP contribution in [0.5, 0.6) is 11.5 Å². The lowest BCUT2D eigenvalue weighted by Crippen LogP contribution is -2.28. The van der Waals surface area contributed by atoms with Gasteiger partial charge in [0.15, 0.2) is 0 Å². The highest BCUT2D eigenvalue weighted by atomic mass is 32.2. The number of hydrogen-bond donors (Lipinski definition) is 0. The van der Waals surface area contributed by atoms with Crippen molar-refractivity contribution in [3.63, 3.8) is 0 Å². The number of ether oxygens (including phenoxy) is 2. The molecule has 0 aromatic heterocycles. The molecule has 0 atom stereocenters. The zero-order valence-electron chi connectivity index (χ0n) is 11.1. The average molecular weight is 284 g/mol. The third kappa shape index (κ3) is 3.36. The molecule has 0 saturated heterocycles. The first-order valence-electron chi connectivity index (χ1n) is 5.52. The summed E-state index contributed by atoms with van der Waals surface area (Å²) in [5.74, 6) is 0.721. The van der Waals surface area contributed by atoms with E-state index in [1.165, 1.54) is 33.4 Å². The first kappa shape index (κ1) is 15.3. The number of hydrogen-bond acceptors (Lipinski definition) is 5. The van der Waals surface area contributed by atoms with Crippen molar-refractivity contribution < 1.29 is 17.9 Å². The molecule has 0 radical (unpaired) electrons. The number of sulfonamides is 1. The van der Waals surface area contributed by atoms with E-state index in [0.29, 0.717) is 5.75 Å². The van der Waals surface area contributed by atoms with Crippen molar-refractivity contribution in [1.82, 2.24) is 4.31 Å². The van der Waals surface area contributed by atoms with Gasteiger partial charge in [0.25, 0.3) is 0 Å². The molecule has 6 nitrogen and oxygen atoms in total. The zero-order valence-corrected chi connectivity index (χ0v) is 11.9. The predicted molar refractivity (Wildman–Crippen MR) is 69.6 cm³/mol. The van der Waals surface area contributed by atoms with Crippen molar-refractivity contribution in [3.8, 4) is 17.6 Å². The Hall–Kier alpha value is -1.78. The van der Waals surface area contributed by atoms with Crippen LogP contribution in [0.25, 0.3) is 0 Å². The Bertz CT molecular complexity index is 578. The smallest absolute Gasteiger partial charge is 0.246 e. The van der Waals surface area contributed by atoms with E-state index in [1.54, 1.807) is 6.07 Å². The second-order valence-electron chi connectivity index (χ2n) is 3.75. The van der Waals surface area contributed by atoms with Gasteiger partial charge in [0.2, 0.25) is 10.0 Å². The van der Waals surface area contributed by atoms with E-state index < -0.39 is 10.0 Å². The van der Waals surface area contributed by atoms with Gasteiger partial charge < -0.3 is 9.47 Å². The second kappa shape index (κ2) is 6.41. The zero-order chi connectivity index (χ0) is 14.5. The highest BCUT2D eigenvalue weighted by Gasteiger charge is 2.24. The van der Waals surface area contributed by atoms with Crippen molar-refractivity contribution in [2.24, 2.45) is 0 Å². The normalized spacial score (nSPS) is 11.1. The molecule has 7 heteroatoms. The Morgan fingerprint density at radius 2 is 2.00 bits per heavy atom. The second-order valence-corrected chi connectivity index (χ2v) is 5.76. The molecule has 19 heavy (non-hydrogen) atoms. The van der Waals surface area contributed by atoms with Crippen LogP contribution < -0.4 is 9.47 Å². The highest BCUT2D eigenvalue weighted by Crippen LogP contribution is 2.30. The molecule has 0 saturated carbocycles. The number of methoxy groups -OCH3 is 2. The van der Waals surface area contributed by atoms with Crippen molar-refractivity contribution in [2.45, 2.75) is 11.3 Å². The maximum absolute atomic E-state index is 12.3. The summed E-state index contributed by atoms with van der Waals surface area (Å²) in [5, 5.41) is 8.51. The van der Waals surface area contributed by atoms with E-state index in [0.717, 1.165) is 4.31 Å². The van der Waals surface area contributed by atoms with Crippen LogP contribution in [0.3, 0.4) is 0 Å². The topological polar surface area (TPSA) is 79.6 Å². The molecule has 0 unspecified atom stereocenters. The van der Waals surface area contributed by atoms with Gasteiger partial charge in [-0.2, -0.15) is 9.57 Å². The fraction of sp³-hybridized carbons (Fsp3) is 0.417. The minimum atomic E-state index is -3.68. The van der Waals surface area contributed by atoms with E-state index in [1.807, 2.05) is 6.07 Å². The van der Waals surface area contributed by atoms with Crippen LogP contribution in [0.2, 0.25) is 0 Å². The fourth-order valence-corrected chi connectivity index (χ4v) is 2.79. The lowest BCUT2D eigenvalue weighted by Gasteiger charge is -2.18. The van der Waals surface area contributed by atoms with Crippen LogP contribution in [-0.4, -0.2) is 40.5 Å². The monoisotopic (exact) mass is 284 g/mol. The van der Waals surface area contributed by atoms with Crippen molar-refractivity contribution in [3.05, 3.63) is 18.2 Å². The SMILES string of the molecule is COc1ccc(S(=O)(=O)N(C)CCC#N)c(OC)c1. The van der Waals surface area contributed by atoms with Crippen molar-refractivity contribution in [2.75, 3.05) is 27.8 Å². The molecule has 0 bridgehead atoms. The molecule has 0 aliphatic carbocycles. The van der Waals surface area contributed by atoms with Crippen LogP contribution in [0.1, 0.15) is 6.42 Å². The summed E-state index contributed by atoms with van der Waals surface area (Å²) in [6.45, 7) is 0.133. The molecule has 0 amide bonds. The van der Waals surface area contributed by atoms with Crippen LogP contribution in [0.4, 0.5) is 0 Å². The Labute approximate surface area is 113 Å². The summed E-state index contributed by atoms with van der Waals surface area (Å²) >= 11 is 0. The van der Waals surface area contributed by atoms with Gasteiger partial charge in [-0.15, -0.1) is 0 Å². The Morgan fingerprint density at radius 1 is 1.32 bits per heavy atom. The van der Waals surface area contributed by atoms with Gasteiger partial charge in [-0.1, -0.05) is 0 Å². The summed E-state index contributed by atoms with van der Waals surface area (Å²) in [5.41, 5.74) is 0. The number of nitrogens with zero attached hydrogens (tertiary/aromatic N) is 2. The minimum absolute atomic E-state index is 0.0521. The van der Waals surface area contributed by atoms with Crippen LogP contribution in [0.15, 0.2) is 23.1 Å². The fourth-order valence-electron chi connectivity index (χ4n) is 1.48. The molecule has 0 aliphatic rings. The van der Waals surface area contributed by atoms with E-state index in [-0.39, 0.29) is 23.6 Å². The van der Waals surface area contributed by atoms with Crippen molar-refractivity contribution in [1.29, 1.82) is 5.26 Å². The van der Waals surface area contributed by atoms with E-state index in [2.05, 4.69) is 0 Å². The summed E-state index contributed by atoms with van der Waals surface area (Å²) in [6.07, 6.45) is 0.133. The van der Waals surface area contributed by atoms with Crippen LogP contribution in [-0.2, 0) is 10.0 Å². The number of benzene rings is 1. The molecular formula is C12H16N2O4S. The quantitative estimate of drug-likeness (QED) is 0.785. The molecule has 0 aliphatic heterocycles. The summed E-state index contributed by atoms with van der Waals surface area (Å²) < 4.78 is 35.8. The van der Waals surface area contributed by atoms with Gasteiger partial charge >= 0.3 is 0 Å². The lowest BCUT2D eigenvalue weighted by molar-refractivity contribution is 0.383. The molecule has 0 fully saturated rings. The largest absolute Gasteiger partial charge is 0.497 e. The predicted octanol–water partition coefficient (Wildman–Crippen LogP) is 1.24. The molecule has 1 aromatic rings. The van der Waals surface area contributed by atoms with Gasteiger partial charge in [0.05, 0.1) is 20.3 Å². The van der Waals surface area contributed by atoms with Crippen LogP contribution in [0, 0.1) is 11.3 Å². The third-order valence-electron chi connectivity index (χ3n) is 2.60. The highest BCUT2D eigenvalue weighted by molar-refractivity contribution is 7.89. The molecule has 0 N–H and O–H groups in total. The summed E-state index contributed by atoms with van der Waals surface area (Å²) in [4.78, 5) is 0.0521.